The molecule has 0 bridgehead atoms. The van der Waals surface area contributed by atoms with Gasteiger partial charge in [-0.15, -0.1) is 0 Å². The summed E-state index contributed by atoms with van der Waals surface area (Å²) in [7, 11) is 1.48. The molecule has 0 saturated carbocycles. The Labute approximate surface area is 142 Å². The highest BCUT2D eigenvalue weighted by Gasteiger charge is 2.12. The van der Waals surface area contributed by atoms with Gasteiger partial charge in [-0.3, -0.25) is 9.59 Å². The fourth-order valence-electron chi connectivity index (χ4n) is 2.12. The first-order valence-electron chi connectivity index (χ1n) is 7.77. The highest BCUT2D eigenvalue weighted by Crippen LogP contribution is 2.16. The highest BCUT2D eigenvalue weighted by atomic mass is 16.5. The van der Waals surface area contributed by atoms with Crippen LogP contribution in [0.5, 0.6) is 0 Å². The van der Waals surface area contributed by atoms with Crippen molar-refractivity contribution in [3.05, 3.63) is 59.7 Å². The molecule has 2 amide bonds. The first-order chi connectivity index (χ1) is 11.5. The minimum Gasteiger partial charge on any atom is -0.372 e. The van der Waals surface area contributed by atoms with Crippen molar-refractivity contribution < 1.29 is 14.3 Å². The average Bonchev–Trinajstić information content (AvgIpc) is 2.56. The van der Waals surface area contributed by atoms with Crippen LogP contribution >= 0.6 is 0 Å². The normalized spacial score (nSPS) is 11.6. The fourth-order valence-corrected chi connectivity index (χ4v) is 2.12. The molecule has 0 aromatic heterocycles. The van der Waals surface area contributed by atoms with Gasteiger partial charge in [-0.25, -0.2) is 0 Å². The number of rotatable bonds is 6. The van der Waals surface area contributed by atoms with E-state index < -0.39 is 6.10 Å². The van der Waals surface area contributed by atoms with Gasteiger partial charge in [-0.1, -0.05) is 35.9 Å². The van der Waals surface area contributed by atoms with E-state index in [9.17, 15) is 9.59 Å². The molecule has 0 saturated heterocycles. The summed E-state index contributed by atoms with van der Waals surface area (Å²) in [5.41, 5.74) is 3.36. The number of anilines is 2. The number of amides is 2. The summed E-state index contributed by atoms with van der Waals surface area (Å²) in [6.45, 7) is 3.68. The van der Waals surface area contributed by atoms with E-state index in [0.29, 0.717) is 17.8 Å². The van der Waals surface area contributed by atoms with Gasteiger partial charge in [0.25, 0.3) is 5.91 Å². The van der Waals surface area contributed by atoms with Gasteiger partial charge in [0.1, 0.15) is 6.10 Å². The van der Waals surface area contributed by atoms with Crippen molar-refractivity contribution in [1.82, 2.24) is 0 Å². The first-order valence-corrected chi connectivity index (χ1v) is 7.77. The predicted molar refractivity (Wildman–Crippen MR) is 95.1 cm³/mol. The summed E-state index contributed by atoms with van der Waals surface area (Å²) in [5, 5.41) is 5.59. The van der Waals surface area contributed by atoms with E-state index in [-0.39, 0.29) is 11.8 Å². The van der Waals surface area contributed by atoms with Crippen LogP contribution in [0.2, 0.25) is 0 Å². The minimum atomic E-state index is -0.537. The van der Waals surface area contributed by atoms with Crippen molar-refractivity contribution in [3.8, 4) is 0 Å². The van der Waals surface area contributed by atoms with Crippen molar-refractivity contribution in [3.63, 3.8) is 0 Å². The van der Waals surface area contributed by atoms with Crippen molar-refractivity contribution >= 4 is 23.2 Å². The van der Waals surface area contributed by atoms with Crippen LogP contribution in [-0.4, -0.2) is 25.0 Å². The molecule has 5 nitrogen and oxygen atoms in total. The van der Waals surface area contributed by atoms with Gasteiger partial charge in [0.2, 0.25) is 5.91 Å². The quantitative estimate of drug-likeness (QED) is 0.857. The Hall–Kier alpha value is -2.66. The topological polar surface area (TPSA) is 67.4 Å². The zero-order valence-electron chi connectivity index (χ0n) is 14.1. The van der Waals surface area contributed by atoms with Gasteiger partial charge < -0.3 is 15.4 Å². The third-order valence-corrected chi connectivity index (χ3v) is 3.62. The molecular weight excluding hydrogens is 304 g/mol. The monoisotopic (exact) mass is 326 g/mol. The maximum atomic E-state index is 12.1. The van der Waals surface area contributed by atoms with E-state index in [2.05, 4.69) is 10.6 Å². The molecule has 0 spiro atoms. The molecule has 0 heterocycles. The van der Waals surface area contributed by atoms with Gasteiger partial charge in [0.15, 0.2) is 0 Å². The summed E-state index contributed by atoms with van der Waals surface area (Å²) in [6, 6.07) is 14.9. The Bertz CT molecular complexity index is 711. The van der Waals surface area contributed by atoms with Crippen LogP contribution in [0.25, 0.3) is 0 Å². The average molecular weight is 326 g/mol. The first kappa shape index (κ1) is 17.7. The Morgan fingerprint density at radius 3 is 2.29 bits per heavy atom. The van der Waals surface area contributed by atoms with Gasteiger partial charge in [0, 0.05) is 18.5 Å². The van der Waals surface area contributed by atoms with Crippen LogP contribution in [-0.2, 0) is 20.7 Å². The van der Waals surface area contributed by atoms with E-state index in [1.165, 1.54) is 7.11 Å². The Balaban J connectivity index is 1.97. The summed E-state index contributed by atoms with van der Waals surface area (Å²) < 4.78 is 4.97. The van der Waals surface area contributed by atoms with Crippen molar-refractivity contribution in [2.45, 2.75) is 26.4 Å². The lowest BCUT2D eigenvalue weighted by molar-refractivity contribution is -0.124. The molecule has 0 aliphatic heterocycles. The lowest BCUT2D eigenvalue weighted by Crippen LogP contribution is -2.26. The van der Waals surface area contributed by atoms with Gasteiger partial charge in [0.05, 0.1) is 6.42 Å². The maximum Gasteiger partial charge on any atom is 0.253 e. The minimum absolute atomic E-state index is 0.104. The standard InChI is InChI=1S/C19H22N2O3/c1-13-7-9-15(10-8-13)11-18(22)20-16-5-4-6-17(12-16)21-19(23)14(2)24-3/h4-10,12,14H,11H2,1-3H3,(H,20,22)(H,21,23)/t14-/m0/s1. The number of aryl methyl sites for hydroxylation is 1. The smallest absolute Gasteiger partial charge is 0.253 e. The number of carbonyl (C=O) groups is 2. The molecule has 0 radical (unpaired) electrons. The van der Waals surface area contributed by atoms with Crippen molar-refractivity contribution in [1.29, 1.82) is 0 Å². The summed E-state index contributed by atoms with van der Waals surface area (Å²) in [4.78, 5) is 24.0. The van der Waals surface area contributed by atoms with Gasteiger partial charge in [-0.2, -0.15) is 0 Å². The number of hydrogen-bond acceptors (Lipinski definition) is 3. The Morgan fingerprint density at radius 2 is 1.67 bits per heavy atom. The molecule has 126 valence electrons. The van der Waals surface area contributed by atoms with Crippen LogP contribution < -0.4 is 10.6 Å². The molecule has 2 aromatic carbocycles. The van der Waals surface area contributed by atoms with E-state index in [4.69, 9.17) is 4.74 Å². The van der Waals surface area contributed by atoms with E-state index in [1.54, 1.807) is 31.2 Å². The molecule has 0 aliphatic rings. The van der Waals surface area contributed by atoms with Crippen LogP contribution in [0.4, 0.5) is 11.4 Å². The summed E-state index contributed by atoms with van der Waals surface area (Å²) in [5.74, 6) is -0.340. The molecule has 5 heteroatoms. The number of methoxy groups -OCH3 is 1. The summed E-state index contributed by atoms with van der Waals surface area (Å²) in [6.07, 6.45) is -0.234. The molecule has 0 aliphatic carbocycles. The van der Waals surface area contributed by atoms with Crippen molar-refractivity contribution in [2.24, 2.45) is 0 Å². The molecule has 2 N–H and O–H groups in total. The molecule has 2 aromatic rings. The Morgan fingerprint density at radius 1 is 1.04 bits per heavy atom. The second-order valence-electron chi connectivity index (χ2n) is 5.66. The van der Waals surface area contributed by atoms with Crippen molar-refractivity contribution in [2.75, 3.05) is 17.7 Å². The molecule has 24 heavy (non-hydrogen) atoms. The van der Waals surface area contributed by atoms with Gasteiger partial charge in [-0.05, 0) is 37.6 Å². The predicted octanol–water partition coefficient (Wildman–Crippen LogP) is 3.15. The lowest BCUT2D eigenvalue weighted by atomic mass is 10.1. The molecule has 1 atom stereocenters. The summed E-state index contributed by atoms with van der Waals surface area (Å²) >= 11 is 0. The number of nitrogens with one attached hydrogen (secondary N) is 2. The SMILES string of the molecule is CO[C@@H](C)C(=O)Nc1cccc(NC(=O)Cc2ccc(C)cc2)c1. The molecule has 0 unspecified atom stereocenters. The number of hydrogen-bond donors (Lipinski definition) is 2. The van der Waals surface area contributed by atoms with E-state index >= 15 is 0 Å². The largest absolute Gasteiger partial charge is 0.372 e. The second kappa shape index (κ2) is 8.26. The maximum absolute atomic E-state index is 12.1. The van der Waals surface area contributed by atoms with Gasteiger partial charge >= 0.3 is 0 Å². The Kier molecular flexibility index (Phi) is 6.09. The number of benzene rings is 2. The number of ether oxygens (including phenoxy) is 1. The molecular formula is C19H22N2O3. The second-order valence-corrected chi connectivity index (χ2v) is 5.66. The molecule has 2 rings (SSSR count). The van der Waals surface area contributed by atoms with E-state index in [0.717, 1.165) is 11.1 Å². The molecule has 0 fully saturated rings. The third kappa shape index (κ3) is 5.21. The highest BCUT2D eigenvalue weighted by molar-refractivity contribution is 5.96. The zero-order chi connectivity index (χ0) is 17.5. The number of carbonyl (C=O) groups excluding carboxylic acids is 2. The van der Waals surface area contributed by atoms with E-state index in [1.807, 2.05) is 31.2 Å². The van der Waals surface area contributed by atoms with Crippen LogP contribution in [0.1, 0.15) is 18.1 Å². The lowest BCUT2D eigenvalue weighted by Gasteiger charge is -2.12. The van der Waals surface area contributed by atoms with Crippen LogP contribution in [0.3, 0.4) is 0 Å². The van der Waals surface area contributed by atoms with Crippen LogP contribution in [0, 0.1) is 6.92 Å². The van der Waals surface area contributed by atoms with Crippen LogP contribution in [0.15, 0.2) is 48.5 Å². The third-order valence-electron chi connectivity index (χ3n) is 3.62. The zero-order valence-corrected chi connectivity index (χ0v) is 14.1. The fraction of sp³-hybridized carbons (Fsp3) is 0.263.